The molecule has 6 rings (SSSR count). The first kappa shape index (κ1) is 20.3. The molecule has 9 nitrogen and oxygen atoms in total. The fraction of sp³-hybridized carbons (Fsp3) is 0.240. The lowest BCUT2D eigenvalue weighted by molar-refractivity contribution is 0.393. The highest BCUT2D eigenvalue weighted by atomic mass is 16.3. The molecule has 0 saturated carbocycles. The zero-order valence-electron chi connectivity index (χ0n) is 18.8. The van der Waals surface area contributed by atoms with Gasteiger partial charge in [-0.25, -0.2) is 15.0 Å². The normalized spacial score (nSPS) is 14.6. The summed E-state index contributed by atoms with van der Waals surface area (Å²) in [5, 5.41) is 9.80. The molecule has 1 N–H and O–H groups in total. The molecule has 5 aromatic rings. The quantitative estimate of drug-likeness (QED) is 0.415. The van der Waals surface area contributed by atoms with Gasteiger partial charge >= 0.3 is 0 Å². The Morgan fingerprint density at radius 3 is 2.71 bits per heavy atom. The lowest BCUT2D eigenvalue weighted by atomic mass is 9.96. The lowest BCUT2D eigenvalue weighted by Crippen LogP contribution is -2.33. The molecule has 0 bridgehead atoms. The maximum Gasteiger partial charge on any atom is 0.197 e. The van der Waals surface area contributed by atoms with Crippen molar-refractivity contribution >= 4 is 28.2 Å². The third-order valence-corrected chi connectivity index (χ3v) is 6.23. The van der Waals surface area contributed by atoms with Crippen LogP contribution in [0, 0.1) is 0 Å². The molecule has 34 heavy (non-hydrogen) atoms. The van der Waals surface area contributed by atoms with E-state index in [1.165, 1.54) is 0 Å². The maximum absolute atomic E-state index is 5.55. The number of nitrogens with zero attached hydrogens (tertiary/aromatic N) is 7. The molecule has 0 amide bonds. The average molecular weight is 453 g/mol. The second-order valence-electron chi connectivity index (χ2n) is 8.49. The van der Waals surface area contributed by atoms with E-state index in [0.717, 1.165) is 71.3 Å². The van der Waals surface area contributed by atoms with E-state index >= 15 is 0 Å². The van der Waals surface area contributed by atoms with Crippen LogP contribution in [0.1, 0.15) is 24.7 Å². The molecule has 1 aliphatic rings. The van der Waals surface area contributed by atoms with Gasteiger partial charge in [0.15, 0.2) is 11.7 Å². The second-order valence-corrected chi connectivity index (χ2v) is 8.49. The van der Waals surface area contributed by atoms with Gasteiger partial charge in [0, 0.05) is 73.2 Å². The summed E-state index contributed by atoms with van der Waals surface area (Å²) in [7, 11) is 1.89. The summed E-state index contributed by atoms with van der Waals surface area (Å²) in [6.07, 6.45) is 12.7. The van der Waals surface area contributed by atoms with Gasteiger partial charge in [0.1, 0.15) is 17.9 Å². The molecule has 0 atom stereocenters. The smallest absolute Gasteiger partial charge is 0.197 e. The number of piperidine rings is 1. The summed E-state index contributed by atoms with van der Waals surface area (Å²) < 4.78 is 7.30. The Labute approximate surface area is 196 Å². The molecule has 1 fully saturated rings. The van der Waals surface area contributed by atoms with E-state index in [1.807, 2.05) is 49.9 Å². The van der Waals surface area contributed by atoms with Crippen LogP contribution in [0.3, 0.4) is 0 Å². The first-order chi connectivity index (χ1) is 16.7. The highest BCUT2D eigenvalue weighted by Gasteiger charge is 2.25. The van der Waals surface area contributed by atoms with Gasteiger partial charge in [0.25, 0.3) is 0 Å². The standard InChI is InChI=1S/C25H24N8O/c1-32-10-6-22(31-32)30-23-15-18(2-8-27-23)21-14-19-16-26-7-3-20(19)24(29-21)33-11-4-17(5-12-33)25-28-9-13-34-25/h2-3,6-10,13-17H,4-5,11-12H2,1H3,(H,27,30,31). The van der Waals surface area contributed by atoms with Gasteiger partial charge in [-0.15, -0.1) is 0 Å². The molecular formula is C25H24N8O. The number of hydrogen-bond donors (Lipinski definition) is 1. The van der Waals surface area contributed by atoms with Crippen molar-refractivity contribution in [1.82, 2.24) is 29.7 Å². The summed E-state index contributed by atoms with van der Waals surface area (Å²) in [6, 6.07) is 10.0. The molecule has 0 radical (unpaired) electrons. The predicted octanol–water partition coefficient (Wildman–Crippen LogP) is 4.54. The number of hydrogen-bond acceptors (Lipinski definition) is 8. The molecular weight excluding hydrogens is 428 g/mol. The minimum Gasteiger partial charge on any atom is -0.449 e. The van der Waals surface area contributed by atoms with Gasteiger partial charge in [-0.1, -0.05) is 0 Å². The van der Waals surface area contributed by atoms with Crippen LogP contribution in [-0.2, 0) is 7.05 Å². The summed E-state index contributed by atoms with van der Waals surface area (Å²) in [5.41, 5.74) is 1.87. The molecule has 1 aliphatic heterocycles. The van der Waals surface area contributed by atoms with Crippen LogP contribution in [0.25, 0.3) is 22.0 Å². The molecule has 9 heteroatoms. The van der Waals surface area contributed by atoms with Crippen molar-refractivity contribution in [2.45, 2.75) is 18.8 Å². The SMILES string of the molecule is Cn1ccc(Nc2cc(-c3cc4cnccc4c(N4CCC(c5ncco5)CC4)n3)ccn2)n1. The van der Waals surface area contributed by atoms with Crippen molar-refractivity contribution in [2.75, 3.05) is 23.3 Å². The first-order valence-corrected chi connectivity index (χ1v) is 11.4. The Hall–Kier alpha value is -4.27. The van der Waals surface area contributed by atoms with Crippen LogP contribution in [0.4, 0.5) is 17.5 Å². The average Bonchev–Trinajstić information content (AvgIpc) is 3.56. The van der Waals surface area contributed by atoms with Crippen LogP contribution in [-0.4, -0.2) is 42.8 Å². The van der Waals surface area contributed by atoms with Crippen LogP contribution in [0.2, 0.25) is 0 Å². The van der Waals surface area contributed by atoms with E-state index in [2.05, 4.69) is 36.3 Å². The van der Waals surface area contributed by atoms with Crippen LogP contribution in [0.5, 0.6) is 0 Å². The fourth-order valence-corrected chi connectivity index (χ4v) is 4.51. The van der Waals surface area contributed by atoms with Gasteiger partial charge in [-0.05, 0) is 37.1 Å². The second kappa shape index (κ2) is 8.58. The van der Waals surface area contributed by atoms with E-state index in [0.29, 0.717) is 5.92 Å². The van der Waals surface area contributed by atoms with Gasteiger partial charge < -0.3 is 14.6 Å². The van der Waals surface area contributed by atoms with Crippen LogP contribution in [0.15, 0.2) is 72.0 Å². The largest absolute Gasteiger partial charge is 0.449 e. The Balaban J connectivity index is 1.32. The summed E-state index contributed by atoms with van der Waals surface area (Å²) in [4.78, 5) is 20.6. The molecule has 1 saturated heterocycles. The van der Waals surface area contributed by atoms with Crippen LogP contribution >= 0.6 is 0 Å². The highest BCUT2D eigenvalue weighted by molar-refractivity contribution is 5.94. The zero-order chi connectivity index (χ0) is 22.9. The van der Waals surface area contributed by atoms with Crippen molar-refractivity contribution < 1.29 is 4.42 Å². The number of fused-ring (bicyclic) bond motifs is 1. The monoisotopic (exact) mass is 452 g/mol. The van der Waals surface area contributed by atoms with Crippen molar-refractivity contribution in [3.05, 3.63) is 73.5 Å². The number of nitrogens with one attached hydrogen (secondary N) is 1. The van der Waals surface area contributed by atoms with E-state index in [1.54, 1.807) is 23.3 Å². The van der Waals surface area contributed by atoms with Crippen molar-refractivity contribution in [3.8, 4) is 11.3 Å². The van der Waals surface area contributed by atoms with E-state index in [-0.39, 0.29) is 0 Å². The van der Waals surface area contributed by atoms with Gasteiger partial charge in [0.2, 0.25) is 0 Å². The number of rotatable bonds is 5. The van der Waals surface area contributed by atoms with Crippen molar-refractivity contribution in [1.29, 1.82) is 0 Å². The number of aryl methyl sites for hydroxylation is 1. The summed E-state index contributed by atoms with van der Waals surface area (Å²) >= 11 is 0. The Morgan fingerprint density at radius 2 is 1.91 bits per heavy atom. The van der Waals surface area contributed by atoms with E-state index in [4.69, 9.17) is 9.40 Å². The molecule has 0 spiro atoms. The lowest BCUT2D eigenvalue weighted by Gasteiger charge is -2.32. The number of anilines is 3. The number of aromatic nitrogens is 6. The zero-order valence-corrected chi connectivity index (χ0v) is 18.8. The third kappa shape index (κ3) is 3.96. The van der Waals surface area contributed by atoms with Crippen LogP contribution < -0.4 is 10.2 Å². The Morgan fingerprint density at radius 1 is 1.00 bits per heavy atom. The fourth-order valence-electron chi connectivity index (χ4n) is 4.51. The highest BCUT2D eigenvalue weighted by Crippen LogP contribution is 2.34. The minimum absolute atomic E-state index is 0.350. The van der Waals surface area contributed by atoms with E-state index < -0.39 is 0 Å². The van der Waals surface area contributed by atoms with Gasteiger partial charge in [-0.2, -0.15) is 5.10 Å². The molecule has 0 aliphatic carbocycles. The van der Waals surface area contributed by atoms with Crippen molar-refractivity contribution in [2.24, 2.45) is 7.05 Å². The van der Waals surface area contributed by atoms with Gasteiger partial charge in [-0.3, -0.25) is 9.67 Å². The Bertz CT molecular complexity index is 1420. The van der Waals surface area contributed by atoms with Gasteiger partial charge in [0.05, 0.1) is 11.9 Å². The summed E-state index contributed by atoms with van der Waals surface area (Å²) in [5.74, 6) is 3.63. The number of oxazole rings is 1. The molecule has 0 aromatic carbocycles. The molecule has 0 unspecified atom stereocenters. The maximum atomic E-state index is 5.55. The molecule has 170 valence electrons. The minimum atomic E-state index is 0.350. The number of pyridine rings is 3. The van der Waals surface area contributed by atoms with E-state index in [9.17, 15) is 0 Å². The summed E-state index contributed by atoms with van der Waals surface area (Å²) in [6.45, 7) is 1.79. The van der Waals surface area contributed by atoms with Crippen molar-refractivity contribution in [3.63, 3.8) is 0 Å². The topological polar surface area (TPSA) is 97.8 Å². The first-order valence-electron chi connectivity index (χ1n) is 11.4. The predicted molar refractivity (Wildman–Crippen MR) is 130 cm³/mol. The third-order valence-electron chi connectivity index (χ3n) is 6.23. The molecule has 6 heterocycles. The molecule has 5 aromatic heterocycles. The Kier molecular flexibility index (Phi) is 5.14.